The largest absolute Gasteiger partial charge is 0.444 e. The Morgan fingerprint density at radius 2 is 1.71 bits per heavy atom. The molecule has 2 heterocycles. The summed E-state index contributed by atoms with van der Waals surface area (Å²) in [5, 5.41) is 0. The Bertz CT molecular complexity index is 505. The molecule has 0 saturated carbocycles. The van der Waals surface area contributed by atoms with Crippen LogP contribution in [0.25, 0.3) is 0 Å². The van der Waals surface area contributed by atoms with Gasteiger partial charge in [0.05, 0.1) is 6.20 Å². The Hall–Kier alpha value is -2.18. The zero-order chi connectivity index (χ0) is 15.5. The van der Waals surface area contributed by atoms with E-state index >= 15 is 0 Å². The summed E-state index contributed by atoms with van der Waals surface area (Å²) < 4.78 is 5.32. The van der Waals surface area contributed by atoms with E-state index in [1.54, 1.807) is 9.80 Å². The van der Waals surface area contributed by atoms with E-state index in [1.807, 2.05) is 20.8 Å². The van der Waals surface area contributed by atoms with E-state index < -0.39 is 5.60 Å². The van der Waals surface area contributed by atoms with Gasteiger partial charge in [-0.15, -0.1) is 0 Å². The number of ether oxygens (including phenoxy) is 1. The monoisotopic (exact) mass is 292 g/mol. The Morgan fingerprint density at radius 3 is 2.24 bits per heavy atom. The fourth-order valence-corrected chi connectivity index (χ4v) is 1.99. The van der Waals surface area contributed by atoms with Gasteiger partial charge in [0.15, 0.2) is 0 Å². The number of nitrogens with zero attached hydrogens (tertiary/aromatic N) is 4. The fraction of sp³-hybridized carbons (Fsp3) is 0.571. The highest BCUT2D eigenvalue weighted by atomic mass is 16.6. The lowest BCUT2D eigenvalue weighted by Crippen LogP contribution is -2.51. The molecular formula is C14H20N4O3. The van der Waals surface area contributed by atoms with Crippen molar-refractivity contribution in [1.29, 1.82) is 0 Å². The lowest BCUT2D eigenvalue weighted by Gasteiger charge is -2.35. The van der Waals surface area contributed by atoms with Crippen LogP contribution in [0.2, 0.25) is 0 Å². The van der Waals surface area contributed by atoms with E-state index in [0.717, 1.165) is 0 Å². The first kappa shape index (κ1) is 15.2. The number of piperazine rings is 1. The van der Waals surface area contributed by atoms with Crippen LogP contribution in [0.4, 0.5) is 4.79 Å². The summed E-state index contributed by atoms with van der Waals surface area (Å²) in [5.41, 5.74) is -0.188. The molecule has 7 nitrogen and oxygen atoms in total. The molecule has 1 fully saturated rings. The minimum Gasteiger partial charge on any atom is -0.444 e. The van der Waals surface area contributed by atoms with E-state index in [2.05, 4.69) is 9.97 Å². The third-order valence-corrected chi connectivity index (χ3v) is 3.00. The molecule has 1 aromatic heterocycles. The van der Waals surface area contributed by atoms with Crippen LogP contribution in [0.1, 0.15) is 31.3 Å². The van der Waals surface area contributed by atoms with Crippen molar-refractivity contribution in [2.75, 3.05) is 26.2 Å². The molecule has 0 N–H and O–H groups in total. The Kier molecular flexibility index (Phi) is 4.40. The molecule has 0 aromatic carbocycles. The molecule has 0 spiro atoms. The quantitative estimate of drug-likeness (QED) is 0.776. The van der Waals surface area contributed by atoms with Crippen molar-refractivity contribution in [2.45, 2.75) is 26.4 Å². The molecule has 1 aliphatic rings. The van der Waals surface area contributed by atoms with Crippen molar-refractivity contribution in [3.8, 4) is 0 Å². The molecule has 0 aliphatic carbocycles. The molecule has 1 aromatic rings. The lowest BCUT2D eigenvalue weighted by molar-refractivity contribution is 0.0140. The molecule has 0 atom stereocenters. The van der Waals surface area contributed by atoms with Crippen LogP contribution in [0, 0.1) is 0 Å². The summed E-state index contributed by atoms with van der Waals surface area (Å²) in [4.78, 5) is 35.3. The molecule has 0 radical (unpaired) electrons. The number of carbonyl (C=O) groups excluding carboxylic acids is 2. The number of aromatic nitrogens is 2. The van der Waals surface area contributed by atoms with Crippen molar-refractivity contribution in [2.24, 2.45) is 0 Å². The number of amides is 2. The van der Waals surface area contributed by atoms with E-state index in [9.17, 15) is 9.59 Å². The number of hydrogen-bond acceptors (Lipinski definition) is 5. The van der Waals surface area contributed by atoms with Crippen LogP contribution < -0.4 is 0 Å². The predicted octanol–water partition coefficient (Wildman–Crippen LogP) is 1.17. The minimum absolute atomic E-state index is 0.160. The highest BCUT2D eigenvalue weighted by molar-refractivity contribution is 5.92. The third-order valence-electron chi connectivity index (χ3n) is 3.00. The molecule has 2 rings (SSSR count). The highest BCUT2D eigenvalue weighted by Crippen LogP contribution is 2.12. The molecule has 114 valence electrons. The van der Waals surface area contributed by atoms with Crippen molar-refractivity contribution in [3.05, 3.63) is 24.3 Å². The zero-order valence-corrected chi connectivity index (χ0v) is 12.6. The van der Waals surface area contributed by atoms with Crippen molar-refractivity contribution >= 4 is 12.0 Å². The van der Waals surface area contributed by atoms with E-state index in [4.69, 9.17) is 4.74 Å². The molecule has 1 aliphatic heterocycles. The van der Waals surface area contributed by atoms with Gasteiger partial charge in [0.2, 0.25) is 0 Å². The van der Waals surface area contributed by atoms with Crippen LogP contribution in [-0.4, -0.2) is 63.5 Å². The van der Waals surface area contributed by atoms with Gasteiger partial charge < -0.3 is 14.5 Å². The smallest absolute Gasteiger partial charge is 0.410 e. The standard InChI is InChI=1S/C14H20N4O3/c1-14(2,3)21-13(20)18-8-6-17(7-9-18)12(19)11-10-15-4-5-16-11/h4-5,10H,6-9H2,1-3H3. The van der Waals surface area contributed by atoms with E-state index in [-0.39, 0.29) is 12.0 Å². The summed E-state index contributed by atoms with van der Waals surface area (Å²) in [5.74, 6) is -0.160. The van der Waals surface area contributed by atoms with Crippen molar-refractivity contribution in [1.82, 2.24) is 19.8 Å². The summed E-state index contributed by atoms with van der Waals surface area (Å²) >= 11 is 0. The van der Waals surface area contributed by atoms with Crippen LogP contribution in [0.15, 0.2) is 18.6 Å². The number of carbonyl (C=O) groups is 2. The fourth-order valence-electron chi connectivity index (χ4n) is 1.99. The second kappa shape index (κ2) is 6.07. The SMILES string of the molecule is CC(C)(C)OC(=O)N1CCN(C(=O)c2cnccn2)CC1. The van der Waals surface area contributed by atoms with E-state index in [0.29, 0.717) is 31.9 Å². The maximum absolute atomic E-state index is 12.2. The van der Waals surface area contributed by atoms with Gasteiger partial charge in [0, 0.05) is 38.6 Å². The second-order valence-corrected chi connectivity index (χ2v) is 5.85. The van der Waals surface area contributed by atoms with Crippen molar-refractivity contribution < 1.29 is 14.3 Å². The predicted molar refractivity (Wildman–Crippen MR) is 75.7 cm³/mol. The normalized spacial score (nSPS) is 15.8. The van der Waals surface area contributed by atoms with E-state index in [1.165, 1.54) is 18.6 Å². The van der Waals surface area contributed by atoms with Gasteiger partial charge in [0.25, 0.3) is 5.91 Å². The van der Waals surface area contributed by atoms with Crippen LogP contribution in [0.3, 0.4) is 0 Å². The van der Waals surface area contributed by atoms with Gasteiger partial charge in [-0.2, -0.15) is 0 Å². The average Bonchev–Trinajstić information content (AvgIpc) is 2.46. The Labute approximate surface area is 123 Å². The summed E-state index contributed by atoms with van der Waals surface area (Å²) in [6.07, 6.45) is 4.12. The maximum Gasteiger partial charge on any atom is 0.410 e. The molecule has 7 heteroatoms. The lowest BCUT2D eigenvalue weighted by atomic mass is 10.2. The van der Waals surface area contributed by atoms with Crippen LogP contribution >= 0.6 is 0 Å². The van der Waals surface area contributed by atoms with Crippen molar-refractivity contribution in [3.63, 3.8) is 0 Å². The zero-order valence-electron chi connectivity index (χ0n) is 12.6. The van der Waals surface area contributed by atoms with Gasteiger partial charge in [0.1, 0.15) is 11.3 Å². The maximum atomic E-state index is 12.2. The van der Waals surface area contributed by atoms with Crippen LogP contribution in [0.5, 0.6) is 0 Å². The molecule has 0 unspecified atom stereocenters. The second-order valence-electron chi connectivity index (χ2n) is 5.85. The van der Waals surface area contributed by atoms with Gasteiger partial charge in [-0.1, -0.05) is 0 Å². The Morgan fingerprint density at radius 1 is 1.10 bits per heavy atom. The van der Waals surface area contributed by atoms with Gasteiger partial charge in [-0.3, -0.25) is 9.78 Å². The van der Waals surface area contributed by atoms with Gasteiger partial charge >= 0.3 is 6.09 Å². The van der Waals surface area contributed by atoms with Gasteiger partial charge in [-0.25, -0.2) is 9.78 Å². The minimum atomic E-state index is -0.510. The summed E-state index contributed by atoms with van der Waals surface area (Å²) in [6.45, 7) is 7.35. The number of rotatable bonds is 1. The summed E-state index contributed by atoms with van der Waals surface area (Å²) in [6, 6.07) is 0. The van der Waals surface area contributed by atoms with Gasteiger partial charge in [-0.05, 0) is 20.8 Å². The molecule has 2 amide bonds. The van der Waals surface area contributed by atoms with Crippen LogP contribution in [-0.2, 0) is 4.74 Å². The summed E-state index contributed by atoms with van der Waals surface area (Å²) in [7, 11) is 0. The molecular weight excluding hydrogens is 272 g/mol. The highest BCUT2D eigenvalue weighted by Gasteiger charge is 2.28. The first-order valence-electron chi connectivity index (χ1n) is 6.90. The Balaban J connectivity index is 1.89. The first-order valence-corrected chi connectivity index (χ1v) is 6.90. The topological polar surface area (TPSA) is 75.6 Å². The molecule has 21 heavy (non-hydrogen) atoms. The first-order chi connectivity index (χ1) is 9.87. The molecule has 0 bridgehead atoms. The number of hydrogen-bond donors (Lipinski definition) is 0. The average molecular weight is 292 g/mol. The third kappa shape index (κ3) is 4.14. The molecule has 1 saturated heterocycles.